The zero-order valence-corrected chi connectivity index (χ0v) is 8.52. The molecule has 1 N–H and O–H groups in total. The summed E-state index contributed by atoms with van der Waals surface area (Å²) in [5.74, 6) is 0. The Morgan fingerprint density at radius 1 is 1.18 bits per heavy atom. The van der Waals surface area contributed by atoms with Crippen LogP contribution < -0.4 is 0 Å². The zero-order chi connectivity index (χ0) is 9.23. The van der Waals surface area contributed by atoms with E-state index in [9.17, 15) is 5.11 Å². The molecule has 0 saturated carbocycles. The molecule has 0 bridgehead atoms. The number of aliphatic hydroxyl groups excluding tert-OH is 1. The van der Waals surface area contributed by atoms with Gasteiger partial charge in [-0.15, -0.1) is 0 Å². The van der Waals surface area contributed by atoms with Crippen molar-refractivity contribution in [2.75, 3.05) is 0 Å². The highest BCUT2D eigenvalue weighted by atomic mass is 16.3. The van der Waals surface area contributed by atoms with Crippen molar-refractivity contribution in [3.05, 3.63) is 11.1 Å². The summed E-state index contributed by atoms with van der Waals surface area (Å²) in [6, 6.07) is 0. The minimum Gasteiger partial charge on any atom is -0.389 e. The SMILES string of the molecule is CC(C)=C(C(C)O)C(C)(C)C. The molecule has 0 fully saturated rings. The average molecular weight is 156 g/mol. The van der Waals surface area contributed by atoms with Crippen molar-refractivity contribution in [2.45, 2.75) is 47.6 Å². The van der Waals surface area contributed by atoms with E-state index in [1.165, 1.54) is 5.57 Å². The summed E-state index contributed by atoms with van der Waals surface area (Å²) in [6.07, 6.45) is -0.319. The Morgan fingerprint density at radius 2 is 1.55 bits per heavy atom. The van der Waals surface area contributed by atoms with Gasteiger partial charge in [0.1, 0.15) is 0 Å². The van der Waals surface area contributed by atoms with Gasteiger partial charge >= 0.3 is 0 Å². The summed E-state index contributed by atoms with van der Waals surface area (Å²) in [4.78, 5) is 0. The van der Waals surface area contributed by atoms with E-state index in [0.29, 0.717) is 0 Å². The zero-order valence-electron chi connectivity index (χ0n) is 8.52. The van der Waals surface area contributed by atoms with E-state index >= 15 is 0 Å². The van der Waals surface area contributed by atoms with E-state index < -0.39 is 0 Å². The van der Waals surface area contributed by atoms with Crippen molar-refractivity contribution < 1.29 is 5.11 Å². The average Bonchev–Trinajstić information content (AvgIpc) is 1.54. The van der Waals surface area contributed by atoms with Crippen molar-refractivity contribution in [3.8, 4) is 0 Å². The number of hydrogen-bond acceptors (Lipinski definition) is 1. The van der Waals surface area contributed by atoms with Crippen LogP contribution in [0.25, 0.3) is 0 Å². The fourth-order valence-corrected chi connectivity index (χ4v) is 1.79. The smallest absolute Gasteiger partial charge is 0.0729 e. The molecular weight excluding hydrogens is 136 g/mol. The predicted octanol–water partition coefficient (Wildman–Crippen LogP) is 2.75. The third-order valence-corrected chi connectivity index (χ3v) is 1.76. The Kier molecular flexibility index (Phi) is 3.30. The highest BCUT2D eigenvalue weighted by Gasteiger charge is 2.21. The quantitative estimate of drug-likeness (QED) is 0.579. The minimum absolute atomic E-state index is 0.0903. The van der Waals surface area contributed by atoms with Crippen LogP contribution in [0.2, 0.25) is 0 Å². The molecule has 0 saturated heterocycles. The molecule has 0 radical (unpaired) electrons. The van der Waals surface area contributed by atoms with Gasteiger partial charge in [-0.2, -0.15) is 0 Å². The van der Waals surface area contributed by atoms with Gasteiger partial charge in [-0.25, -0.2) is 0 Å². The van der Waals surface area contributed by atoms with E-state index in [1.807, 2.05) is 20.8 Å². The Balaban J connectivity index is 4.80. The summed E-state index contributed by atoms with van der Waals surface area (Å²) in [6.45, 7) is 12.3. The van der Waals surface area contributed by atoms with Crippen molar-refractivity contribution in [3.63, 3.8) is 0 Å². The molecule has 0 aromatic carbocycles. The molecule has 0 aromatic rings. The molecule has 1 unspecified atom stereocenters. The second-order valence-corrected chi connectivity index (χ2v) is 4.34. The van der Waals surface area contributed by atoms with Crippen LogP contribution in [0.5, 0.6) is 0 Å². The van der Waals surface area contributed by atoms with Crippen molar-refractivity contribution >= 4 is 0 Å². The fraction of sp³-hybridized carbons (Fsp3) is 0.800. The lowest BCUT2D eigenvalue weighted by atomic mass is 9.81. The Morgan fingerprint density at radius 3 is 1.55 bits per heavy atom. The third kappa shape index (κ3) is 3.06. The van der Waals surface area contributed by atoms with Crippen LogP contribution in [-0.2, 0) is 0 Å². The number of aliphatic hydroxyl groups is 1. The Bertz CT molecular complexity index is 154. The lowest BCUT2D eigenvalue weighted by Crippen LogP contribution is -2.20. The first-order valence-corrected chi connectivity index (χ1v) is 4.12. The fourth-order valence-electron chi connectivity index (χ4n) is 1.79. The Labute approximate surface area is 70.1 Å². The first kappa shape index (κ1) is 10.7. The second-order valence-electron chi connectivity index (χ2n) is 4.34. The molecule has 66 valence electrons. The normalized spacial score (nSPS) is 14.5. The minimum atomic E-state index is -0.319. The molecule has 0 aromatic heterocycles. The molecular formula is C10H20O. The van der Waals surface area contributed by atoms with Crippen LogP contribution >= 0.6 is 0 Å². The molecule has 0 aliphatic carbocycles. The van der Waals surface area contributed by atoms with E-state index in [0.717, 1.165) is 5.57 Å². The van der Waals surface area contributed by atoms with Gasteiger partial charge in [0.25, 0.3) is 0 Å². The lowest BCUT2D eigenvalue weighted by Gasteiger charge is -2.27. The van der Waals surface area contributed by atoms with Gasteiger partial charge in [-0.1, -0.05) is 26.3 Å². The van der Waals surface area contributed by atoms with Gasteiger partial charge in [0, 0.05) is 0 Å². The van der Waals surface area contributed by atoms with Crippen LogP contribution in [0.1, 0.15) is 41.5 Å². The molecule has 0 spiro atoms. The molecule has 0 heterocycles. The van der Waals surface area contributed by atoms with Crippen LogP contribution in [0.4, 0.5) is 0 Å². The van der Waals surface area contributed by atoms with Gasteiger partial charge < -0.3 is 5.11 Å². The molecule has 0 aliphatic rings. The third-order valence-electron chi connectivity index (χ3n) is 1.76. The highest BCUT2D eigenvalue weighted by molar-refractivity contribution is 5.20. The summed E-state index contributed by atoms with van der Waals surface area (Å²) in [5, 5.41) is 9.46. The molecule has 1 atom stereocenters. The van der Waals surface area contributed by atoms with Crippen LogP contribution in [0.15, 0.2) is 11.1 Å². The van der Waals surface area contributed by atoms with E-state index in [-0.39, 0.29) is 11.5 Å². The maximum absolute atomic E-state index is 9.46. The number of hydrogen-bond donors (Lipinski definition) is 1. The van der Waals surface area contributed by atoms with E-state index in [1.54, 1.807) is 0 Å². The van der Waals surface area contributed by atoms with Gasteiger partial charge in [0.15, 0.2) is 0 Å². The standard InChI is InChI=1S/C10H20O/c1-7(2)9(8(3)11)10(4,5)6/h8,11H,1-6H3. The summed E-state index contributed by atoms with van der Waals surface area (Å²) < 4.78 is 0. The maximum atomic E-state index is 9.46. The summed E-state index contributed by atoms with van der Waals surface area (Å²) in [7, 11) is 0. The second kappa shape index (κ2) is 3.40. The topological polar surface area (TPSA) is 20.2 Å². The first-order valence-electron chi connectivity index (χ1n) is 4.12. The maximum Gasteiger partial charge on any atom is 0.0729 e. The highest BCUT2D eigenvalue weighted by Crippen LogP contribution is 2.30. The van der Waals surface area contributed by atoms with Gasteiger partial charge in [0.05, 0.1) is 6.10 Å². The molecule has 11 heavy (non-hydrogen) atoms. The monoisotopic (exact) mass is 156 g/mol. The van der Waals surface area contributed by atoms with Crippen molar-refractivity contribution in [1.82, 2.24) is 0 Å². The summed E-state index contributed by atoms with van der Waals surface area (Å²) in [5.41, 5.74) is 2.47. The first-order chi connectivity index (χ1) is 4.76. The van der Waals surface area contributed by atoms with Gasteiger partial charge in [-0.05, 0) is 31.8 Å². The number of allylic oxidation sites excluding steroid dienone is 1. The molecule has 0 amide bonds. The predicted molar refractivity (Wildman–Crippen MR) is 49.5 cm³/mol. The van der Waals surface area contributed by atoms with Crippen molar-refractivity contribution in [1.29, 1.82) is 0 Å². The van der Waals surface area contributed by atoms with Crippen molar-refractivity contribution in [2.24, 2.45) is 5.41 Å². The summed E-state index contributed by atoms with van der Waals surface area (Å²) >= 11 is 0. The number of rotatable bonds is 1. The largest absolute Gasteiger partial charge is 0.389 e. The molecule has 1 nitrogen and oxygen atoms in total. The van der Waals surface area contributed by atoms with Crippen LogP contribution in [0, 0.1) is 5.41 Å². The van der Waals surface area contributed by atoms with Crippen LogP contribution in [-0.4, -0.2) is 11.2 Å². The molecule has 1 heteroatoms. The van der Waals surface area contributed by atoms with Gasteiger partial charge in [0.2, 0.25) is 0 Å². The lowest BCUT2D eigenvalue weighted by molar-refractivity contribution is 0.202. The van der Waals surface area contributed by atoms with E-state index in [4.69, 9.17) is 0 Å². The Hall–Kier alpha value is -0.300. The molecule has 0 aliphatic heterocycles. The van der Waals surface area contributed by atoms with E-state index in [2.05, 4.69) is 20.8 Å². The van der Waals surface area contributed by atoms with Gasteiger partial charge in [-0.3, -0.25) is 0 Å². The molecule has 0 rings (SSSR count). The van der Waals surface area contributed by atoms with Crippen LogP contribution in [0.3, 0.4) is 0 Å².